The number of amides is 1. The highest BCUT2D eigenvalue weighted by Gasteiger charge is 2.48. The lowest BCUT2D eigenvalue weighted by molar-refractivity contribution is -0.155. The Hall–Kier alpha value is -0.950. The van der Waals surface area contributed by atoms with Crippen molar-refractivity contribution in [3.05, 3.63) is 29.3 Å². The topological polar surface area (TPSA) is 77.1 Å². The van der Waals surface area contributed by atoms with Crippen LogP contribution in [0.1, 0.15) is 20.3 Å². The Labute approximate surface area is 146 Å². The molecule has 0 radical (unpaired) electrons. The first-order valence-corrected chi connectivity index (χ1v) is 9.74. The van der Waals surface area contributed by atoms with Gasteiger partial charge in [0.1, 0.15) is 5.78 Å². The molecule has 1 aromatic rings. The summed E-state index contributed by atoms with van der Waals surface area (Å²) in [5.74, 6) is -1.00. The fourth-order valence-corrected chi connectivity index (χ4v) is 4.71. The zero-order valence-corrected chi connectivity index (χ0v) is 15.5. The van der Waals surface area contributed by atoms with E-state index >= 15 is 0 Å². The molecule has 1 aliphatic heterocycles. The van der Waals surface area contributed by atoms with Crippen molar-refractivity contribution in [3.63, 3.8) is 0 Å². The van der Waals surface area contributed by atoms with Crippen molar-refractivity contribution in [3.8, 4) is 0 Å². The fraction of sp³-hybridized carbons (Fsp3) is 0.533. The van der Waals surface area contributed by atoms with Crippen LogP contribution in [-0.2, 0) is 23.2 Å². The summed E-state index contributed by atoms with van der Waals surface area (Å²) in [4.78, 5) is 17.9. The number of hydroxylamine groups is 2. The largest absolute Gasteiger partial charge is 0.350 e. The Morgan fingerprint density at radius 1 is 1.38 bits per heavy atom. The number of halogens is 1. The lowest BCUT2D eigenvalue weighted by Gasteiger charge is -2.25. The molecule has 0 spiro atoms. The summed E-state index contributed by atoms with van der Waals surface area (Å²) in [6, 6.07) is 6.92. The van der Waals surface area contributed by atoms with Gasteiger partial charge in [-0.1, -0.05) is 23.7 Å². The van der Waals surface area contributed by atoms with Gasteiger partial charge in [0.2, 0.25) is 0 Å². The fourth-order valence-electron chi connectivity index (χ4n) is 2.48. The standard InChI is InChI=1S/C15H22ClN2O5P/c1-4-21-24(20,22-5-2)14-10-13(23-18(14)3)15(19)17-12-9-7-6-8-11(12)16/h6-9,13-14H,4-5,10H2,1-3H3,(H,17,19)/t13-,14-/m1/s1. The van der Waals surface area contributed by atoms with Crippen molar-refractivity contribution in [2.24, 2.45) is 0 Å². The third kappa shape index (κ3) is 4.36. The smallest absolute Gasteiger partial charge is 0.322 e. The Morgan fingerprint density at radius 3 is 2.58 bits per heavy atom. The first-order chi connectivity index (χ1) is 11.4. The summed E-state index contributed by atoms with van der Waals surface area (Å²) in [6.45, 7) is 3.97. The number of anilines is 1. The van der Waals surface area contributed by atoms with Gasteiger partial charge in [0.25, 0.3) is 5.91 Å². The van der Waals surface area contributed by atoms with Crippen LogP contribution in [-0.4, -0.2) is 43.1 Å². The van der Waals surface area contributed by atoms with E-state index in [1.807, 2.05) is 0 Å². The van der Waals surface area contributed by atoms with Crippen LogP contribution in [0, 0.1) is 0 Å². The van der Waals surface area contributed by atoms with E-state index in [-0.39, 0.29) is 25.5 Å². The number of benzene rings is 1. The summed E-state index contributed by atoms with van der Waals surface area (Å²) >= 11 is 6.04. The van der Waals surface area contributed by atoms with Crippen molar-refractivity contribution < 1.29 is 23.2 Å². The summed E-state index contributed by atoms with van der Waals surface area (Å²) in [5, 5.41) is 4.53. The minimum atomic E-state index is -3.40. The van der Waals surface area contributed by atoms with Gasteiger partial charge in [-0.05, 0) is 26.0 Å². The molecule has 7 nitrogen and oxygen atoms in total. The van der Waals surface area contributed by atoms with E-state index in [4.69, 9.17) is 25.5 Å². The lowest BCUT2D eigenvalue weighted by atomic mass is 10.2. The molecule has 24 heavy (non-hydrogen) atoms. The normalized spacial score (nSPS) is 21.8. The van der Waals surface area contributed by atoms with Gasteiger partial charge in [-0.25, -0.2) is 0 Å². The number of carbonyl (C=O) groups excluding carboxylic acids is 1. The molecule has 0 aromatic heterocycles. The number of hydrogen-bond donors (Lipinski definition) is 1. The molecule has 2 rings (SSSR count). The SMILES string of the molecule is CCOP(=O)(OCC)[C@@H]1C[C@H](C(=O)Nc2ccccc2Cl)ON1C. The average Bonchev–Trinajstić information content (AvgIpc) is 2.93. The van der Waals surface area contributed by atoms with Crippen LogP contribution in [0.4, 0.5) is 5.69 Å². The minimum Gasteiger partial charge on any atom is -0.322 e. The molecule has 1 aliphatic rings. The molecule has 0 aliphatic carbocycles. The Balaban J connectivity index is 2.08. The van der Waals surface area contributed by atoms with Crippen molar-refractivity contribution in [1.29, 1.82) is 0 Å². The summed E-state index contributed by atoms with van der Waals surface area (Å²) < 4.78 is 23.6. The maximum absolute atomic E-state index is 12.9. The zero-order chi connectivity index (χ0) is 17.7. The van der Waals surface area contributed by atoms with Crippen LogP contribution in [0.5, 0.6) is 0 Å². The van der Waals surface area contributed by atoms with Crippen LogP contribution < -0.4 is 5.32 Å². The number of nitrogens with one attached hydrogen (secondary N) is 1. The monoisotopic (exact) mass is 376 g/mol. The van der Waals surface area contributed by atoms with Gasteiger partial charge in [0.05, 0.1) is 23.9 Å². The zero-order valence-electron chi connectivity index (χ0n) is 13.9. The number of hydrogen-bond acceptors (Lipinski definition) is 6. The Kier molecular flexibility index (Phi) is 6.80. The van der Waals surface area contributed by atoms with E-state index in [0.717, 1.165) is 0 Å². The summed E-state index contributed by atoms with van der Waals surface area (Å²) in [5.41, 5.74) is 0.497. The number of carbonyl (C=O) groups is 1. The molecular weight excluding hydrogens is 355 g/mol. The number of para-hydroxylation sites is 1. The van der Waals surface area contributed by atoms with Gasteiger partial charge in [-0.3, -0.25) is 14.2 Å². The molecular formula is C15H22ClN2O5P. The molecule has 9 heteroatoms. The third-order valence-electron chi connectivity index (χ3n) is 3.55. The van der Waals surface area contributed by atoms with Gasteiger partial charge in [0, 0.05) is 13.5 Å². The van der Waals surface area contributed by atoms with Gasteiger partial charge in [0.15, 0.2) is 6.10 Å². The van der Waals surface area contributed by atoms with Crippen LogP contribution in [0.25, 0.3) is 0 Å². The molecule has 1 saturated heterocycles. The van der Waals surface area contributed by atoms with E-state index in [9.17, 15) is 9.36 Å². The molecule has 0 bridgehead atoms. The number of nitrogens with zero attached hydrogens (tertiary/aromatic N) is 1. The average molecular weight is 377 g/mol. The lowest BCUT2D eigenvalue weighted by Crippen LogP contribution is -2.28. The highest BCUT2D eigenvalue weighted by molar-refractivity contribution is 7.54. The third-order valence-corrected chi connectivity index (χ3v) is 6.38. The van der Waals surface area contributed by atoms with Gasteiger partial charge in [-0.2, -0.15) is 5.06 Å². The van der Waals surface area contributed by atoms with Crippen LogP contribution in [0.3, 0.4) is 0 Å². The highest BCUT2D eigenvalue weighted by atomic mass is 35.5. The quantitative estimate of drug-likeness (QED) is 0.734. The van der Waals surface area contributed by atoms with E-state index in [0.29, 0.717) is 10.7 Å². The predicted molar refractivity (Wildman–Crippen MR) is 92.0 cm³/mol. The summed E-state index contributed by atoms with van der Waals surface area (Å²) in [6.07, 6.45) is -0.602. The van der Waals surface area contributed by atoms with E-state index in [1.54, 1.807) is 45.2 Å². The van der Waals surface area contributed by atoms with Gasteiger partial charge < -0.3 is 14.4 Å². The first-order valence-electron chi connectivity index (χ1n) is 7.75. The minimum absolute atomic E-state index is 0.198. The van der Waals surface area contributed by atoms with Crippen molar-refractivity contribution in [2.45, 2.75) is 32.2 Å². The van der Waals surface area contributed by atoms with E-state index < -0.39 is 19.5 Å². The van der Waals surface area contributed by atoms with E-state index in [1.165, 1.54) is 5.06 Å². The Bertz CT molecular complexity index is 620. The molecule has 1 aromatic carbocycles. The second-order valence-electron chi connectivity index (χ2n) is 5.20. The van der Waals surface area contributed by atoms with Gasteiger partial charge in [-0.15, -0.1) is 0 Å². The van der Waals surface area contributed by atoms with Crippen molar-refractivity contribution in [2.75, 3.05) is 25.6 Å². The molecule has 1 N–H and O–H groups in total. The number of rotatable bonds is 7. The highest BCUT2D eigenvalue weighted by Crippen LogP contribution is 2.57. The van der Waals surface area contributed by atoms with Crippen molar-refractivity contribution >= 4 is 30.8 Å². The molecule has 134 valence electrons. The molecule has 2 atom stereocenters. The molecule has 1 heterocycles. The maximum atomic E-state index is 12.9. The second kappa shape index (κ2) is 8.43. The molecule has 1 amide bonds. The Morgan fingerprint density at radius 2 is 2.00 bits per heavy atom. The second-order valence-corrected chi connectivity index (χ2v) is 7.80. The maximum Gasteiger partial charge on any atom is 0.350 e. The van der Waals surface area contributed by atoms with Gasteiger partial charge >= 0.3 is 7.60 Å². The molecule has 0 unspecified atom stereocenters. The molecule has 1 fully saturated rings. The van der Waals surface area contributed by atoms with Crippen LogP contribution >= 0.6 is 19.2 Å². The predicted octanol–water partition coefficient (Wildman–Crippen LogP) is 3.51. The first kappa shape index (κ1) is 19.4. The van der Waals surface area contributed by atoms with Crippen LogP contribution in [0.2, 0.25) is 5.02 Å². The summed E-state index contributed by atoms with van der Waals surface area (Å²) in [7, 11) is -1.79. The molecule has 0 saturated carbocycles. The van der Waals surface area contributed by atoms with Crippen LogP contribution in [0.15, 0.2) is 24.3 Å². The van der Waals surface area contributed by atoms with E-state index in [2.05, 4.69) is 5.32 Å². The van der Waals surface area contributed by atoms with Crippen molar-refractivity contribution in [1.82, 2.24) is 5.06 Å².